The van der Waals surface area contributed by atoms with Crippen LogP contribution in [-0.4, -0.2) is 64.8 Å². The Bertz CT molecular complexity index is 1420. The molecule has 0 bridgehead atoms. The van der Waals surface area contributed by atoms with Gasteiger partial charge in [0.1, 0.15) is 11.9 Å². The third-order valence-corrected chi connectivity index (χ3v) is 8.21. The second-order valence-corrected chi connectivity index (χ2v) is 10.8. The van der Waals surface area contributed by atoms with Crippen molar-refractivity contribution in [3.05, 3.63) is 95.0 Å². The average molecular weight is 544 g/mol. The number of hydrogen-bond donors (Lipinski definition) is 0. The van der Waals surface area contributed by atoms with Gasteiger partial charge in [-0.2, -0.15) is 0 Å². The molecule has 9 heteroatoms. The molecule has 0 spiro atoms. The van der Waals surface area contributed by atoms with Crippen molar-refractivity contribution < 1.29 is 9.59 Å². The molecule has 0 N–H and O–H groups in total. The highest BCUT2D eigenvalue weighted by Crippen LogP contribution is 2.35. The van der Waals surface area contributed by atoms with Crippen LogP contribution in [0.2, 0.25) is 5.02 Å². The van der Waals surface area contributed by atoms with Crippen molar-refractivity contribution in [2.45, 2.75) is 18.2 Å². The number of anilines is 1. The maximum absolute atomic E-state index is 13.6. The van der Waals surface area contributed by atoms with E-state index in [-0.39, 0.29) is 18.2 Å². The van der Waals surface area contributed by atoms with E-state index in [9.17, 15) is 9.59 Å². The fraction of sp³-hybridized carbons (Fsp3) is 0.241. The highest BCUT2D eigenvalue weighted by Gasteiger charge is 2.42. The number of nitrogens with zero attached hydrogens (tertiary/aromatic N) is 5. The number of rotatable bonds is 5. The highest BCUT2D eigenvalue weighted by atomic mass is 35.5. The fourth-order valence-electron chi connectivity index (χ4n) is 4.91. The van der Waals surface area contributed by atoms with E-state index in [0.29, 0.717) is 34.9 Å². The summed E-state index contributed by atoms with van der Waals surface area (Å²) in [4.78, 5) is 42.1. The number of para-hydroxylation sites is 2. The van der Waals surface area contributed by atoms with Gasteiger partial charge in [0.05, 0.1) is 12.1 Å². The number of fused-ring (bicyclic) bond motifs is 3. The van der Waals surface area contributed by atoms with Crippen LogP contribution in [0, 0.1) is 0 Å². The molecule has 3 aromatic rings. The van der Waals surface area contributed by atoms with Crippen LogP contribution >= 0.6 is 23.4 Å². The Kier molecular flexibility index (Phi) is 6.91. The smallest absolute Gasteiger partial charge is 0.259 e. The molecule has 3 aliphatic heterocycles. The van der Waals surface area contributed by atoms with Crippen LogP contribution in [0.3, 0.4) is 0 Å². The van der Waals surface area contributed by atoms with Crippen molar-refractivity contribution >= 4 is 57.6 Å². The summed E-state index contributed by atoms with van der Waals surface area (Å²) in [5.74, 6) is 0.963. The zero-order valence-corrected chi connectivity index (χ0v) is 22.2. The lowest BCUT2D eigenvalue weighted by Gasteiger charge is -2.36. The molecular weight excluding hydrogens is 518 g/mol. The van der Waals surface area contributed by atoms with Gasteiger partial charge in [-0.1, -0.05) is 65.8 Å². The number of halogens is 1. The van der Waals surface area contributed by atoms with Gasteiger partial charge >= 0.3 is 0 Å². The van der Waals surface area contributed by atoms with E-state index in [1.807, 2.05) is 71.6 Å². The Hall–Kier alpha value is -3.62. The first-order valence-corrected chi connectivity index (χ1v) is 14.0. The van der Waals surface area contributed by atoms with Crippen LogP contribution in [0.15, 0.2) is 88.8 Å². The minimum Gasteiger partial charge on any atom is -0.368 e. The molecule has 0 aromatic heterocycles. The van der Waals surface area contributed by atoms with E-state index >= 15 is 0 Å². The molecule has 3 aliphatic rings. The molecule has 1 atom stereocenters. The number of benzene rings is 3. The summed E-state index contributed by atoms with van der Waals surface area (Å²) in [7, 11) is 0. The van der Waals surface area contributed by atoms with Crippen molar-refractivity contribution in [3.8, 4) is 0 Å². The molecule has 1 fully saturated rings. The number of carbonyl (C=O) groups is 2. The van der Waals surface area contributed by atoms with Crippen LogP contribution in [0.4, 0.5) is 11.4 Å². The molecule has 6 rings (SSSR count). The molecular formula is C29H26ClN5O2S. The SMILES string of the molecule is O=C(C[C@@H]1N=C2c3ccccc3N=C(SCc3ccc(Cl)cc3)N2C1=O)N1CCN(c2ccccc2)CC1. The van der Waals surface area contributed by atoms with Crippen LogP contribution in [0.1, 0.15) is 17.5 Å². The first kappa shape index (κ1) is 24.7. The lowest BCUT2D eigenvalue weighted by atomic mass is 10.1. The average Bonchev–Trinajstić information content (AvgIpc) is 3.29. The van der Waals surface area contributed by atoms with Gasteiger partial charge in [-0.25, -0.2) is 9.89 Å². The van der Waals surface area contributed by atoms with E-state index < -0.39 is 6.04 Å². The van der Waals surface area contributed by atoms with E-state index in [1.54, 1.807) is 4.90 Å². The first-order chi connectivity index (χ1) is 18.6. The standard InChI is InChI=1S/C29H26ClN5O2S/c30-21-12-10-20(11-13-21)19-38-29-32-24-9-5-4-8-23(24)27-31-25(28(37)35(27)29)18-26(36)34-16-14-33(15-17-34)22-6-2-1-3-7-22/h1-13,25H,14-19H2/t25-/m0/s1. The number of piperazine rings is 1. The van der Waals surface area contributed by atoms with Crippen LogP contribution in [0.25, 0.3) is 0 Å². The summed E-state index contributed by atoms with van der Waals surface area (Å²) in [6, 6.07) is 24.8. The van der Waals surface area contributed by atoms with Gasteiger partial charge in [0, 0.05) is 48.2 Å². The molecule has 38 heavy (non-hydrogen) atoms. The Morgan fingerprint density at radius 1 is 0.921 bits per heavy atom. The largest absolute Gasteiger partial charge is 0.368 e. The highest BCUT2D eigenvalue weighted by molar-refractivity contribution is 8.13. The fourth-order valence-corrected chi connectivity index (χ4v) is 5.99. The Labute approximate surface area is 230 Å². The van der Waals surface area contributed by atoms with E-state index in [2.05, 4.69) is 17.0 Å². The lowest BCUT2D eigenvalue weighted by Crippen LogP contribution is -2.49. The minimum absolute atomic E-state index is 0.0409. The summed E-state index contributed by atoms with van der Waals surface area (Å²) in [6.45, 7) is 2.78. The molecule has 2 amide bonds. The van der Waals surface area contributed by atoms with Gasteiger partial charge in [0.25, 0.3) is 5.91 Å². The molecule has 0 unspecified atom stereocenters. The second-order valence-electron chi connectivity index (χ2n) is 9.38. The topological polar surface area (TPSA) is 68.6 Å². The molecule has 7 nitrogen and oxygen atoms in total. The molecule has 0 aliphatic carbocycles. The summed E-state index contributed by atoms with van der Waals surface area (Å²) in [6.07, 6.45) is 0.0570. The second kappa shape index (κ2) is 10.6. The maximum atomic E-state index is 13.6. The van der Waals surface area contributed by atoms with Crippen molar-refractivity contribution in [1.29, 1.82) is 0 Å². The van der Waals surface area contributed by atoms with Crippen molar-refractivity contribution in [3.63, 3.8) is 0 Å². The lowest BCUT2D eigenvalue weighted by molar-refractivity contribution is -0.135. The van der Waals surface area contributed by atoms with Gasteiger partial charge in [-0.05, 0) is 42.0 Å². The van der Waals surface area contributed by atoms with E-state index in [0.717, 1.165) is 35.6 Å². The normalized spacial score (nSPS) is 18.6. The molecule has 0 saturated carbocycles. The van der Waals surface area contributed by atoms with Gasteiger partial charge in [-0.15, -0.1) is 0 Å². The summed E-state index contributed by atoms with van der Waals surface area (Å²) in [5.41, 5.74) is 3.82. The number of carbonyl (C=O) groups excluding carboxylic acids is 2. The number of amides is 2. The zero-order chi connectivity index (χ0) is 26.1. The van der Waals surface area contributed by atoms with Crippen molar-refractivity contribution in [2.24, 2.45) is 9.98 Å². The third-order valence-electron chi connectivity index (χ3n) is 6.95. The Balaban J connectivity index is 1.16. The Morgan fingerprint density at radius 3 is 2.39 bits per heavy atom. The molecule has 0 radical (unpaired) electrons. The van der Waals surface area contributed by atoms with Crippen molar-refractivity contribution in [2.75, 3.05) is 31.1 Å². The van der Waals surface area contributed by atoms with E-state index in [4.69, 9.17) is 21.6 Å². The van der Waals surface area contributed by atoms with Gasteiger partial charge in [0.2, 0.25) is 5.91 Å². The number of amidine groups is 2. The van der Waals surface area contributed by atoms with E-state index in [1.165, 1.54) is 11.8 Å². The van der Waals surface area contributed by atoms with Crippen LogP contribution < -0.4 is 4.90 Å². The maximum Gasteiger partial charge on any atom is 0.259 e. The van der Waals surface area contributed by atoms with Crippen molar-refractivity contribution in [1.82, 2.24) is 9.80 Å². The van der Waals surface area contributed by atoms with Gasteiger partial charge in [0.15, 0.2) is 5.17 Å². The molecule has 3 heterocycles. The third kappa shape index (κ3) is 4.93. The monoisotopic (exact) mass is 543 g/mol. The predicted octanol–water partition coefficient (Wildman–Crippen LogP) is 4.97. The number of hydrogen-bond acceptors (Lipinski definition) is 6. The molecule has 192 valence electrons. The molecule has 1 saturated heterocycles. The predicted molar refractivity (Wildman–Crippen MR) is 153 cm³/mol. The van der Waals surface area contributed by atoms with Gasteiger partial charge < -0.3 is 9.80 Å². The number of aliphatic imine (C=N–C) groups is 2. The quantitative estimate of drug-likeness (QED) is 0.455. The van der Waals surface area contributed by atoms with Crippen LogP contribution in [-0.2, 0) is 15.3 Å². The summed E-state index contributed by atoms with van der Waals surface area (Å²) < 4.78 is 0. The first-order valence-electron chi connectivity index (χ1n) is 12.6. The zero-order valence-electron chi connectivity index (χ0n) is 20.7. The molecule has 3 aromatic carbocycles. The Morgan fingerprint density at radius 2 is 1.63 bits per heavy atom. The summed E-state index contributed by atoms with van der Waals surface area (Å²) >= 11 is 7.50. The summed E-state index contributed by atoms with van der Waals surface area (Å²) in [5, 5.41) is 1.26. The van der Waals surface area contributed by atoms with Gasteiger partial charge in [-0.3, -0.25) is 14.6 Å². The van der Waals surface area contributed by atoms with Crippen LogP contribution in [0.5, 0.6) is 0 Å². The minimum atomic E-state index is -0.753. The number of thioether (sulfide) groups is 1.